The molecule has 78 valence electrons. The number of Topliss-reactive ketones (excluding diaryl/α,β-unsaturated/α-hetero) is 1. The number of ketones is 1. The molecule has 0 heterocycles. The molecule has 1 N–H and O–H groups in total. The number of hydrogen-bond acceptors (Lipinski definition) is 2. The van der Waals surface area contributed by atoms with E-state index in [1.807, 2.05) is 0 Å². The van der Waals surface area contributed by atoms with Crippen LogP contribution < -0.4 is 0 Å². The lowest BCUT2D eigenvalue weighted by Crippen LogP contribution is -2.26. The maximum Gasteiger partial charge on any atom is 0.325 e. The lowest BCUT2D eigenvalue weighted by molar-refractivity contribution is -0.123. The fraction of sp³-hybridized carbons (Fsp3) is 0.200. The Morgan fingerprint density at radius 2 is 2.07 bits per heavy atom. The number of rotatable bonds is 4. The van der Waals surface area contributed by atoms with Gasteiger partial charge in [0.1, 0.15) is 6.10 Å². The van der Waals surface area contributed by atoms with Crippen LogP contribution in [0.5, 0.6) is 0 Å². The van der Waals surface area contributed by atoms with Gasteiger partial charge in [-0.3, -0.25) is 4.79 Å². The highest BCUT2D eigenvalue weighted by molar-refractivity contribution is 6.31. The quantitative estimate of drug-likeness (QED) is 0.361. The van der Waals surface area contributed by atoms with Crippen LogP contribution in [-0.2, 0) is 4.79 Å². The van der Waals surface area contributed by atoms with Crippen molar-refractivity contribution < 1.29 is 14.7 Å². The molecule has 0 unspecified atom stereocenters. The van der Waals surface area contributed by atoms with Crippen molar-refractivity contribution in [1.82, 2.24) is 0 Å². The number of carbonyl (C=O) groups excluding carboxylic acids is 1. The zero-order valence-electron chi connectivity index (χ0n) is 7.75. The van der Waals surface area contributed by atoms with Crippen LogP contribution in [0.25, 0.3) is 5.53 Å². The van der Waals surface area contributed by atoms with Crippen LogP contribution in [0.15, 0.2) is 30.3 Å². The second kappa shape index (κ2) is 5.41. The van der Waals surface area contributed by atoms with E-state index in [9.17, 15) is 9.90 Å². The highest BCUT2D eigenvalue weighted by Gasteiger charge is 2.26. The lowest BCUT2D eigenvalue weighted by Gasteiger charge is -2.12. The van der Waals surface area contributed by atoms with Crippen molar-refractivity contribution in [3.63, 3.8) is 0 Å². The third kappa shape index (κ3) is 2.99. The molecule has 0 saturated carbocycles. The van der Waals surface area contributed by atoms with Gasteiger partial charge in [0.25, 0.3) is 5.78 Å². The second-order valence-corrected chi connectivity index (χ2v) is 3.37. The van der Waals surface area contributed by atoms with Gasteiger partial charge < -0.3 is 10.6 Å². The summed E-state index contributed by atoms with van der Waals surface area (Å²) in [6.45, 7) is 0. The lowest BCUT2D eigenvalue weighted by atomic mass is 10.1. The summed E-state index contributed by atoms with van der Waals surface area (Å²) in [6, 6.07) is 8.70. The number of nitrogens with zero attached hydrogens (tertiary/aromatic N) is 2. The number of benzene rings is 1. The maximum atomic E-state index is 11.1. The Morgan fingerprint density at radius 1 is 1.47 bits per heavy atom. The predicted octanol–water partition coefficient (Wildman–Crippen LogP) is 1.20. The maximum absolute atomic E-state index is 11.1. The molecule has 0 fully saturated rings. The number of carbonyl (C=O) groups is 1. The minimum Gasteiger partial charge on any atom is -0.383 e. The fourth-order valence-electron chi connectivity index (χ4n) is 1.10. The Morgan fingerprint density at radius 3 is 2.60 bits per heavy atom. The first kappa shape index (κ1) is 11.6. The van der Waals surface area contributed by atoms with Crippen LogP contribution in [0.3, 0.4) is 0 Å². The number of aliphatic hydroxyl groups excluding tert-OH is 1. The third-order valence-corrected chi connectivity index (χ3v) is 2.36. The van der Waals surface area contributed by atoms with Gasteiger partial charge in [0.2, 0.25) is 0 Å². The highest BCUT2D eigenvalue weighted by atomic mass is 35.5. The Balaban J connectivity index is 2.81. The summed E-state index contributed by atoms with van der Waals surface area (Å²) < 4.78 is 0. The summed E-state index contributed by atoms with van der Waals surface area (Å²) in [6.07, 6.45) is -0.784. The van der Waals surface area contributed by atoms with Gasteiger partial charge in [0, 0.05) is 0 Å². The van der Waals surface area contributed by atoms with E-state index in [0.717, 1.165) is 0 Å². The Labute approximate surface area is 91.7 Å². The van der Waals surface area contributed by atoms with Crippen molar-refractivity contribution in [2.45, 2.75) is 11.5 Å². The van der Waals surface area contributed by atoms with Crippen LogP contribution in [0, 0.1) is 0 Å². The monoisotopic (exact) mass is 224 g/mol. The molecule has 0 spiro atoms. The minimum atomic E-state index is -1.41. The van der Waals surface area contributed by atoms with Crippen LogP contribution in [-0.4, -0.2) is 28.0 Å². The van der Waals surface area contributed by atoms with Crippen LogP contribution >= 0.6 is 11.6 Å². The second-order valence-electron chi connectivity index (χ2n) is 2.90. The van der Waals surface area contributed by atoms with Crippen molar-refractivity contribution in [2.24, 2.45) is 0 Å². The van der Waals surface area contributed by atoms with Gasteiger partial charge >= 0.3 is 6.21 Å². The molecule has 1 aromatic rings. The summed E-state index contributed by atoms with van der Waals surface area (Å²) in [4.78, 5) is 13.7. The van der Waals surface area contributed by atoms with E-state index in [-0.39, 0.29) is 0 Å². The molecule has 2 atom stereocenters. The van der Waals surface area contributed by atoms with Crippen molar-refractivity contribution >= 4 is 23.6 Å². The third-order valence-electron chi connectivity index (χ3n) is 1.87. The van der Waals surface area contributed by atoms with E-state index < -0.39 is 17.3 Å². The van der Waals surface area contributed by atoms with Crippen molar-refractivity contribution in [3.8, 4) is 0 Å². The van der Waals surface area contributed by atoms with Gasteiger partial charge in [0.05, 0.1) is 5.38 Å². The molecule has 1 rings (SSSR count). The summed E-state index contributed by atoms with van der Waals surface area (Å²) in [5, 5.41) is 8.64. The fourth-order valence-corrected chi connectivity index (χ4v) is 1.37. The molecule has 0 bridgehead atoms. The van der Waals surface area contributed by atoms with Gasteiger partial charge in [0.15, 0.2) is 0 Å². The SMILES string of the molecule is [N-]=[N+]=CC(=O)[C@H](O)[C@@H](Cl)c1ccccc1. The molecule has 0 aliphatic carbocycles. The molecule has 15 heavy (non-hydrogen) atoms. The summed E-state index contributed by atoms with van der Waals surface area (Å²) in [5.74, 6) is -0.735. The van der Waals surface area contributed by atoms with Crippen molar-refractivity contribution in [1.29, 1.82) is 0 Å². The molecule has 0 amide bonds. The van der Waals surface area contributed by atoms with Gasteiger partial charge in [-0.15, -0.1) is 11.6 Å². The van der Waals surface area contributed by atoms with Gasteiger partial charge in [-0.2, -0.15) is 4.79 Å². The van der Waals surface area contributed by atoms with E-state index >= 15 is 0 Å². The zero-order valence-corrected chi connectivity index (χ0v) is 8.50. The predicted molar refractivity (Wildman–Crippen MR) is 55.7 cm³/mol. The Kier molecular flexibility index (Phi) is 4.18. The molecule has 4 nitrogen and oxygen atoms in total. The van der Waals surface area contributed by atoms with Crippen LogP contribution in [0.4, 0.5) is 0 Å². The normalized spacial score (nSPS) is 13.7. The minimum absolute atomic E-state index is 0.628. The van der Waals surface area contributed by atoms with E-state index in [2.05, 4.69) is 4.79 Å². The largest absolute Gasteiger partial charge is 0.383 e. The summed E-state index contributed by atoms with van der Waals surface area (Å²) >= 11 is 5.87. The highest BCUT2D eigenvalue weighted by Crippen LogP contribution is 2.24. The Hall–Kier alpha value is -1.48. The van der Waals surface area contributed by atoms with E-state index in [1.165, 1.54) is 0 Å². The van der Waals surface area contributed by atoms with E-state index in [0.29, 0.717) is 11.8 Å². The number of alkyl halides is 1. The van der Waals surface area contributed by atoms with E-state index in [4.69, 9.17) is 17.1 Å². The molecular weight excluding hydrogens is 216 g/mol. The molecule has 0 saturated heterocycles. The number of halogens is 1. The smallest absolute Gasteiger partial charge is 0.325 e. The summed E-state index contributed by atoms with van der Waals surface area (Å²) in [7, 11) is 0. The summed E-state index contributed by atoms with van der Waals surface area (Å²) in [5.41, 5.74) is 8.76. The topological polar surface area (TPSA) is 73.7 Å². The first-order valence-corrected chi connectivity index (χ1v) is 4.69. The van der Waals surface area contributed by atoms with Crippen LogP contribution in [0.1, 0.15) is 10.9 Å². The molecule has 5 heteroatoms. The number of aliphatic hydroxyl groups is 1. The van der Waals surface area contributed by atoms with E-state index in [1.54, 1.807) is 30.3 Å². The average molecular weight is 225 g/mol. The molecular formula is C10H9ClN2O2. The first-order valence-electron chi connectivity index (χ1n) is 4.25. The zero-order chi connectivity index (χ0) is 11.3. The van der Waals surface area contributed by atoms with Crippen LogP contribution in [0.2, 0.25) is 0 Å². The molecule has 0 radical (unpaired) electrons. The molecule has 0 aromatic heterocycles. The van der Waals surface area contributed by atoms with Crippen molar-refractivity contribution in [2.75, 3.05) is 0 Å². The Bertz CT molecular complexity index is 388. The van der Waals surface area contributed by atoms with Gasteiger partial charge in [-0.05, 0) is 5.56 Å². The molecule has 0 aliphatic rings. The number of hydrogen-bond donors (Lipinski definition) is 1. The molecule has 0 aliphatic heterocycles. The van der Waals surface area contributed by atoms with Crippen molar-refractivity contribution in [3.05, 3.63) is 41.4 Å². The average Bonchev–Trinajstić information content (AvgIpc) is 2.28. The standard InChI is InChI=1S/C10H9ClN2O2/c11-9(7-4-2-1-3-5-7)10(15)8(14)6-13-12/h1-6,9-10,15H/t9-,10-/m0/s1. The first-order chi connectivity index (χ1) is 7.16. The van der Waals surface area contributed by atoms with Gasteiger partial charge in [-0.1, -0.05) is 30.3 Å². The van der Waals surface area contributed by atoms with Gasteiger partial charge in [-0.25, -0.2) is 0 Å². The molecule has 1 aromatic carbocycles.